The van der Waals surface area contributed by atoms with Crippen LogP contribution < -0.4 is 11.5 Å². The molecule has 1 unspecified atom stereocenters. The van der Waals surface area contributed by atoms with Crippen molar-refractivity contribution in [2.45, 2.75) is 12.6 Å². The molecule has 2 rings (SSSR count). The maximum Gasteiger partial charge on any atom is 0.0931 e. The van der Waals surface area contributed by atoms with Crippen molar-refractivity contribution < 1.29 is 0 Å². The molecule has 4 heteroatoms. The van der Waals surface area contributed by atoms with Crippen molar-refractivity contribution in [3.63, 3.8) is 0 Å². The molecule has 0 fully saturated rings. The van der Waals surface area contributed by atoms with E-state index in [2.05, 4.69) is 0 Å². The van der Waals surface area contributed by atoms with Gasteiger partial charge in [-0.3, -0.25) is 0 Å². The minimum Gasteiger partial charge on any atom is -0.326 e. The number of rotatable bonds is 3. The maximum atomic E-state index is 6.16. The number of hydrogen-bond donors (Lipinski definition) is 2. The Morgan fingerprint density at radius 1 is 1.25 bits per heavy atom. The molecular formula is C12H13ClN2S. The first kappa shape index (κ1) is 11.6. The molecule has 0 spiro atoms. The van der Waals surface area contributed by atoms with Crippen LogP contribution in [-0.2, 0) is 6.54 Å². The summed E-state index contributed by atoms with van der Waals surface area (Å²) in [6.45, 7) is 0.533. The smallest absolute Gasteiger partial charge is 0.0931 e. The molecular weight excluding hydrogens is 240 g/mol. The summed E-state index contributed by atoms with van der Waals surface area (Å²) in [5.41, 5.74) is 13.9. The van der Waals surface area contributed by atoms with Gasteiger partial charge in [0.25, 0.3) is 0 Å². The second-order valence-corrected chi connectivity index (χ2v) is 5.32. The van der Waals surface area contributed by atoms with Crippen LogP contribution in [0.15, 0.2) is 36.4 Å². The van der Waals surface area contributed by atoms with Crippen molar-refractivity contribution in [1.29, 1.82) is 0 Å². The first-order chi connectivity index (χ1) is 7.70. The minimum absolute atomic E-state index is 0.121. The van der Waals surface area contributed by atoms with Crippen molar-refractivity contribution in [3.8, 4) is 0 Å². The Bertz CT molecular complexity index is 481. The molecule has 0 radical (unpaired) electrons. The molecule has 0 saturated carbocycles. The van der Waals surface area contributed by atoms with Crippen LogP contribution in [0.4, 0.5) is 0 Å². The maximum absolute atomic E-state index is 6.16. The van der Waals surface area contributed by atoms with Gasteiger partial charge in [-0.15, -0.1) is 11.3 Å². The van der Waals surface area contributed by atoms with Gasteiger partial charge in [-0.1, -0.05) is 35.9 Å². The summed E-state index contributed by atoms with van der Waals surface area (Å²) < 4.78 is 0.764. The lowest BCUT2D eigenvalue weighted by molar-refractivity contribution is 0.887. The Balaban J connectivity index is 2.29. The zero-order chi connectivity index (χ0) is 11.5. The Hall–Kier alpha value is -0.870. The Morgan fingerprint density at radius 3 is 2.69 bits per heavy atom. The second kappa shape index (κ2) is 4.97. The molecule has 1 aromatic heterocycles. The predicted molar refractivity (Wildman–Crippen MR) is 69.7 cm³/mol. The number of hydrogen-bond acceptors (Lipinski definition) is 3. The van der Waals surface area contributed by atoms with Gasteiger partial charge < -0.3 is 11.5 Å². The predicted octanol–water partition coefficient (Wildman–Crippen LogP) is 2.91. The molecule has 0 aliphatic rings. The van der Waals surface area contributed by atoms with Crippen molar-refractivity contribution >= 4 is 22.9 Å². The minimum atomic E-state index is -0.121. The van der Waals surface area contributed by atoms with Crippen molar-refractivity contribution in [2.75, 3.05) is 0 Å². The lowest BCUT2D eigenvalue weighted by Crippen LogP contribution is -2.10. The van der Waals surface area contributed by atoms with Crippen LogP contribution in [0, 0.1) is 0 Å². The van der Waals surface area contributed by atoms with E-state index in [9.17, 15) is 0 Å². The van der Waals surface area contributed by atoms with Gasteiger partial charge in [-0.05, 0) is 23.3 Å². The largest absolute Gasteiger partial charge is 0.326 e. The van der Waals surface area contributed by atoms with E-state index in [-0.39, 0.29) is 6.04 Å². The number of benzene rings is 1. The first-order valence-electron chi connectivity index (χ1n) is 5.00. The third kappa shape index (κ3) is 2.44. The summed E-state index contributed by atoms with van der Waals surface area (Å²) in [4.78, 5) is 1.07. The first-order valence-corrected chi connectivity index (χ1v) is 6.20. The van der Waals surface area contributed by atoms with Crippen LogP contribution in [0.5, 0.6) is 0 Å². The van der Waals surface area contributed by atoms with Crippen LogP contribution >= 0.6 is 22.9 Å². The van der Waals surface area contributed by atoms with E-state index in [1.54, 1.807) is 0 Å². The molecule has 16 heavy (non-hydrogen) atoms. The van der Waals surface area contributed by atoms with Crippen molar-refractivity contribution in [2.24, 2.45) is 11.5 Å². The number of nitrogens with two attached hydrogens (primary N) is 2. The summed E-state index contributed by atoms with van der Waals surface area (Å²) in [6.07, 6.45) is 0. The molecule has 0 aliphatic carbocycles. The molecule has 2 aromatic rings. The Labute approximate surface area is 104 Å². The van der Waals surface area contributed by atoms with Gasteiger partial charge >= 0.3 is 0 Å². The lowest BCUT2D eigenvalue weighted by Gasteiger charge is -2.11. The molecule has 0 bridgehead atoms. The topological polar surface area (TPSA) is 52.0 Å². The average molecular weight is 253 g/mol. The summed E-state index contributed by atoms with van der Waals surface area (Å²) in [5.74, 6) is 0. The van der Waals surface area contributed by atoms with Gasteiger partial charge in [0.15, 0.2) is 0 Å². The number of halogens is 1. The molecule has 1 aromatic carbocycles. The molecule has 4 N–H and O–H groups in total. The second-order valence-electron chi connectivity index (χ2n) is 3.57. The van der Waals surface area contributed by atoms with E-state index in [1.165, 1.54) is 11.3 Å². The standard InChI is InChI=1S/C12H13ClN2S/c13-11-5-4-10(16-11)12(15)9-3-1-2-8(6-9)7-14/h1-6,12H,7,14-15H2. The van der Waals surface area contributed by atoms with E-state index < -0.39 is 0 Å². The fourth-order valence-corrected chi connectivity index (χ4v) is 2.66. The monoisotopic (exact) mass is 252 g/mol. The summed E-state index contributed by atoms with van der Waals surface area (Å²) in [5, 5.41) is 0. The summed E-state index contributed by atoms with van der Waals surface area (Å²) in [6, 6.07) is 11.7. The molecule has 0 aliphatic heterocycles. The van der Waals surface area contributed by atoms with E-state index in [0.717, 1.165) is 20.3 Å². The van der Waals surface area contributed by atoms with E-state index in [1.807, 2.05) is 36.4 Å². The Morgan fingerprint density at radius 2 is 2.06 bits per heavy atom. The van der Waals surface area contributed by atoms with Gasteiger partial charge in [0.05, 0.1) is 10.4 Å². The van der Waals surface area contributed by atoms with Crippen LogP contribution in [-0.4, -0.2) is 0 Å². The lowest BCUT2D eigenvalue weighted by atomic mass is 10.0. The third-order valence-electron chi connectivity index (χ3n) is 2.45. The van der Waals surface area contributed by atoms with E-state index in [4.69, 9.17) is 23.1 Å². The highest BCUT2D eigenvalue weighted by Gasteiger charge is 2.11. The molecule has 84 valence electrons. The van der Waals surface area contributed by atoms with Gasteiger partial charge in [0, 0.05) is 11.4 Å². The highest BCUT2D eigenvalue weighted by Crippen LogP contribution is 2.29. The van der Waals surface area contributed by atoms with Crippen LogP contribution in [0.1, 0.15) is 22.0 Å². The third-order valence-corrected chi connectivity index (χ3v) is 3.76. The highest BCUT2D eigenvalue weighted by atomic mass is 35.5. The zero-order valence-corrected chi connectivity index (χ0v) is 10.3. The van der Waals surface area contributed by atoms with Gasteiger partial charge in [-0.25, -0.2) is 0 Å². The summed E-state index contributed by atoms with van der Waals surface area (Å²) in [7, 11) is 0. The van der Waals surface area contributed by atoms with Crippen LogP contribution in [0.25, 0.3) is 0 Å². The quantitative estimate of drug-likeness (QED) is 0.883. The SMILES string of the molecule is NCc1cccc(C(N)c2ccc(Cl)s2)c1. The number of thiophene rings is 1. The van der Waals surface area contributed by atoms with Crippen LogP contribution in [0.2, 0.25) is 4.34 Å². The summed E-state index contributed by atoms with van der Waals surface area (Å²) >= 11 is 7.41. The van der Waals surface area contributed by atoms with Crippen molar-refractivity contribution in [1.82, 2.24) is 0 Å². The molecule has 2 nitrogen and oxygen atoms in total. The average Bonchev–Trinajstić information content (AvgIpc) is 2.75. The van der Waals surface area contributed by atoms with E-state index in [0.29, 0.717) is 6.54 Å². The normalized spacial score (nSPS) is 12.7. The molecule has 0 saturated heterocycles. The van der Waals surface area contributed by atoms with Crippen LogP contribution in [0.3, 0.4) is 0 Å². The highest BCUT2D eigenvalue weighted by molar-refractivity contribution is 7.16. The van der Waals surface area contributed by atoms with Crippen molar-refractivity contribution in [3.05, 3.63) is 56.7 Å². The molecule has 1 atom stereocenters. The molecule has 1 heterocycles. The van der Waals surface area contributed by atoms with E-state index >= 15 is 0 Å². The van der Waals surface area contributed by atoms with Gasteiger partial charge in [0.1, 0.15) is 0 Å². The molecule has 0 amide bonds. The zero-order valence-electron chi connectivity index (χ0n) is 8.69. The van der Waals surface area contributed by atoms with Gasteiger partial charge in [0.2, 0.25) is 0 Å². The van der Waals surface area contributed by atoms with Gasteiger partial charge in [-0.2, -0.15) is 0 Å². The fourth-order valence-electron chi connectivity index (χ4n) is 1.57. The Kier molecular flexibility index (Phi) is 3.61. The fraction of sp³-hybridized carbons (Fsp3) is 0.167.